The lowest BCUT2D eigenvalue weighted by atomic mass is 10.2. The minimum atomic E-state index is -0.539. The Morgan fingerprint density at radius 3 is 2.75 bits per heavy atom. The third kappa shape index (κ3) is 4.94. The molecule has 0 radical (unpaired) electrons. The number of aliphatic imine (C=N–C) groups is 1. The van der Waals surface area contributed by atoms with Crippen LogP contribution < -0.4 is 10.1 Å². The van der Waals surface area contributed by atoms with Crippen molar-refractivity contribution in [3.63, 3.8) is 0 Å². The molecule has 1 N–H and O–H groups in total. The Kier molecular flexibility index (Phi) is 6.74. The van der Waals surface area contributed by atoms with Gasteiger partial charge in [0.25, 0.3) is 0 Å². The molecular formula is C20H20BrN3O3S. The number of amides is 2. The number of amidine groups is 1. The van der Waals surface area contributed by atoms with Crippen molar-refractivity contribution in [1.82, 2.24) is 4.90 Å². The van der Waals surface area contributed by atoms with Crippen LogP contribution in [0.2, 0.25) is 0 Å². The maximum absolute atomic E-state index is 12.7. The summed E-state index contributed by atoms with van der Waals surface area (Å²) in [6, 6.07) is 14.6. The molecule has 0 bridgehead atoms. The number of nitrogens with one attached hydrogen (secondary N) is 1. The van der Waals surface area contributed by atoms with Gasteiger partial charge in [-0.25, -0.2) is 4.99 Å². The van der Waals surface area contributed by atoms with Gasteiger partial charge in [-0.3, -0.25) is 14.5 Å². The number of benzene rings is 2. The summed E-state index contributed by atoms with van der Waals surface area (Å²) >= 11 is 4.67. The molecule has 0 spiro atoms. The van der Waals surface area contributed by atoms with Crippen molar-refractivity contribution in [2.45, 2.75) is 18.6 Å². The smallest absolute Gasteiger partial charge is 0.238 e. The number of carbonyl (C=O) groups excluding carboxylic acids is 2. The van der Waals surface area contributed by atoms with Crippen LogP contribution in [-0.4, -0.2) is 40.8 Å². The molecule has 0 aromatic heterocycles. The van der Waals surface area contributed by atoms with Gasteiger partial charge in [-0.05, 0) is 43.3 Å². The zero-order chi connectivity index (χ0) is 20.1. The molecule has 2 amide bonds. The number of carbonyl (C=O) groups is 2. The van der Waals surface area contributed by atoms with Crippen LogP contribution in [-0.2, 0) is 9.59 Å². The van der Waals surface area contributed by atoms with E-state index in [-0.39, 0.29) is 18.2 Å². The van der Waals surface area contributed by atoms with E-state index >= 15 is 0 Å². The molecule has 3 rings (SSSR count). The molecule has 1 unspecified atom stereocenters. The van der Waals surface area contributed by atoms with Crippen molar-refractivity contribution in [3.05, 3.63) is 53.0 Å². The standard InChI is InChI=1S/C20H20BrN3O3S/c1-3-24-18(25)12-17(19(26)22-14-9-7-13(21)8-10-14)28-20(24)23-15-5-4-6-16(11-15)27-2/h4-11,17H,3,12H2,1-2H3,(H,22,26). The van der Waals surface area contributed by atoms with Crippen LogP contribution in [0.3, 0.4) is 0 Å². The van der Waals surface area contributed by atoms with E-state index in [4.69, 9.17) is 4.74 Å². The first kappa shape index (κ1) is 20.4. The predicted octanol–water partition coefficient (Wildman–Crippen LogP) is 4.44. The Morgan fingerprint density at radius 2 is 2.07 bits per heavy atom. The number of ether oxygens (including phenoxy) is 1. The maximum atomic E-state index is 12.7. The van der Waals surface area contributed by atoms with Gasteiger partial charge < -0.3 is 10.1 Å². The van der Waals surface area contributed by atoms with Gasteiger partial charge in [0.15, 0.2) is 5.17 Å². The Labute approximate surface area is 176 Å². The Bertz CT molecular complexity index is 902. The first-order chi connectivity index (χ1) is 13.5. The molecule has 2 aromatic carbocycles. The van der Waals surface area contributed by atoms with E-state index in [2.05, 4.69) is 26.2 Å². The number of hydrogen-bond acceptors (Lipinski definition) is 5. The Hall–Kier alpha value is -2.32. The van der Waals surface area contributed by atoms with Crippen LogP contribution in [0.15, 0.2) is 58.0 Å². The van der Waals surface area contributed by atoms with E-state index in [9.17, 15) is 9.59 Å². The summed E-state index contributed by atoms with van der Waals surface area (Å²) in [6.45, 7) is 2.39. The second-order valence-corrected chi connectivity index (χ2v) is 8.13. The molecule has 1 aliphatic rings. The molecule has 8 heteroatoms. The second kappa shape index (κ2) is 9.25. The number of methoxy groups -OCH3 is 1. The molecule has 2 aromatic rings. The van der Waals surface area contributed by atoms with E-state index in [1.165, 1.54) is 11.8 Å². The third-order valence-electron chi connectivity index (χ3n) is 4.14. The van der Waals surface area contributed by atoms with E-state index in [0.29, 0.717) is 28.8 Å². The normalized spacial score (nSPS) is 18.2. The lowest BCUT2D eigenvalue weighted by Gasteiger charge is -2.30. The molecule has 1 fully saturated rings. The van der Waals surface area contributed by atoms with E-state index < -0.39 is 5.25 Å². The second-order valence-electron chi connectivity index (χ2n) is 6.04. The van der Waals surface area contributed by atoms with Gasteiger partial charge in [-0.15, -0.1) is 0 Å². The summed E-state index contributed by atoms with van der Waals surface area (Å²) in [4.78, 5) is 31.5. The molecule has 1 atom stereocenters. The fraction of sp³-hybridized carbons (Fsp3) is 0.250. The average molecular weight is 462 g/mol. The Balaban J connectivity index is 1.81. The first-order valence-electron chi connectivity index (χ1n) is 8.76. The number of hydrogen-bond donors (Lipinski definition) is 1. The topological polar surface area (TPSA) is 71.0 Å². The van der Waals surface area contributed by atoms with Crippen LogP contribution in [0.4, 0.5) is 11.4 Å². The molecule has 146 valence electrons. The quantitative estimate of drug-likeness (QED) is 0.714. The van der Waals surface area contributed by atoms with Crippen molar-refractivity contribution in [1.29, 1.82) is 0 Å². The van der Waals surface area contributed by atoms with E-state index in [1.54, 1.807) is 30.2 Å². The zero-order valence-corrected chi connectivity index (χ0v) is 17.9. The van der Waals surface area contributed by atoms with Gasteiger partial charge >= 0.3 is 0 Å². The summed E-state index contributed by atoms with van der Waals surface area (Å²) in [7, 11) is 1.59. The van der Waals surface area contributed by atoms with Crippen molar-refractivity contribution >= 4 is 56.0 Å². The molecule has 1 aliphatic heterocycles. The number of anilines is 1. The van der Waals surface area contributed by atoms with E-state index in [0.717, 1.165) is 4.47 Å². The lowest BCUT2D eigenvalue weighted by Crippen LogP contribution is -2.45. The monoisotopic (exact) mass is 461 g/mol. The van der Waals surface area contributed by atoms with Crippen LogP contribution in [0.25, 0.3) is 0 Å². The fourth-order valence-electron chi connectivity index (χ4n) is 2.70. The Morgan fingerprint density at radius 1 is 1.32 bits per heavy atom. The summed E-state index contributed by atoms with van der Waals surface area (Å²) in [6.07, 6.45) is 0.137. The number of thioether (sulfide) groups is 1. The van der Waals surface area contributed by atoms with Crippen LogP contribution >= 0.6 is 27.7 Å². The highest BCUT2D eigenvalue weighted by atomic mass is 79.9. The lowest BCUT2D eigenvalue weighted by molar-refractivity contribution is -0.129. The van der Waals surface area contributed by atoms with Crippen LogP contribution in [0.5, 0.6) is 5.75 Å². The van der Waals surface area contributed by atoms with Crippen molar-refractivity contribution in [2.24, 2.45) is 4.99 Å². The molecule has 0 saturated carbocycles. The van der Waals surface area contributed by atoms with Crippen LogP contribution in [0.1, 0.15) is 13.3 Å². The zero-order valence-electron chi connectivity index (χ0n) is 15.5. The van der Waals surface area contributed by atoms with Gasteiger partial charge in [0, 0.05) is 29.2 Å². The average Bonchev–Trinajstić information content (AvgIpc) is 2.69. The van der Waals surface area contributed by atoms with Crippen molar-refractivity contribution in [3.8, 4) is 5.75 Å². The number of halogens is 1. The molecule has 28 heavy (non-hydrogen) atoms. The van der Waals surface area contributed by atoms with Crippen molar-refractivity contribution in [2.75, 3.05) is 19.0 Å². The highest BCUT2D eigenvalue weighted by Gasteiger charge is 2.35. The summed E-state index contributed by atoms with van der Waals surface area (Å²) in [5, 5.41) is 2.85. The summed E-state index contributed by atoms with van der Waals surface area (Å²) in [5.74, 6) is 0.357. The van der Waals surface area contributed by atoms with Crippen molar-refractivity contribution < 1.29 is 14.3 Å². The minimum absolute atomic E-state index is 0.112. The molecule has 6 nitrogen and oxygen atoms in total. The van der Waals surface area contributed by atoms with Crippen LogP contribution in [0, 0.1) is 0 Å². The number of rotatable bonds is 5. The highest BCUT2D eigenvalue weighted by Crippen LogP contribution is 2.30. The number of nitrogens with zero attached hydrogens (tertiary/aromatic N) is 2. The largest absolute Gasteiger partial charge is 0.497 e. The molecule has 1 heterocycles. The fourth-order valence-corrected chi connectivity index (χ4v) is 4.13. The van der Waals surface area contributed by atoms with Gasteiger partial charge in [0.2, 0.25) is 11.8 Å². The van der Waals surface area contributed by atoms with Gasteiger partial charge in [-0.1, -0.05) is 33.8 Å². The minimum Gasteiger partial charge on any atom is -0.497 e. The summed E-state index contributed by atoms with van der Waals surface area (Å²) < 4.78 is 6.16. The molecular weight excluding hydrogens is 442 g/mol. The van der Waals surface area contributed by atoms with Gasteiger partial charge in [0.1, 0.15) is 11.0 Å². The third-order valence-corrected chi connectivity index (χ3v) is 5.85. The highest BCUT2D eigenvalue weighted by molar-refractivity contribution is 9.10. The maximum Gasteiger partial charge on any atom is 0.238 e. The molecule has 0 aliphatic carbocycles. The predicted molar refractivity (Wildman–Crippen MR) is 116 cm³/mol. The van der Waals surface area contributed by atoms with Gasteiger partial charge in [-0.2, -0.15) is 0 Å². The SMILES string of the molecule is CCN1C(=O)CC(C(=O)Nc2ccc(Br)cc2)SC1=Nc1cccc(OC)c1. The molecule has 1 saturated heterocycles. The van der Waals surface area contributed by atoms with Gasteiger partial charge in [0.05, 0.1) is 12.8 Å². The first-order valence-corrected chi connectivity index (χ1v) is 10.4. The summed E-state index contributed by atoms with van der Waals surface area (Å²) in [5.41, 5.74) is 1.35. The van der Waals surface area contributed by atoms with E-state index in [1.807, 2.05) is 37.3 Å².